The van der Waals surface area contributed by atoms with Crippen molar-refractivity contribution in [3.8, 4) is 0 Å². The highest BCUT2D eigenvalue weighted by Crippen LogP contribution is 2.39. The van der Waals surface area contributed by atoms with Crippen LogP contribution in [-0.2, 0) is 13.0 Å². The van der Waals surface area contributed by atoms with Crippen molar-refractivity contribution in [3.63, 3.8) is 0 Å². The van der Waals surface area contributed by atoms with E-state index in [1.54, 1.807) is 0 Å². The number of aromatic nitrogens is 2. The molecule has 16 heavy (non-hydrogen) atoms. The van der Waals surface area contributed by atoms with Gasteiger partial charge in [0.15, 0.2) is 5.15 Å². The fraction of sp³-hybridized carbons (Fsp3) is 0.750. The summed E-state index contributed by atoms with van der Waals surface area (Å²) in [5.41, 5.74) is 6.97. The summed E-state index contributed by atoms with van der Waals surface area (Å²) >= 11 is 6.24. The van der Waals surface area contributed by atoms with Gasteiger partial charge in [0.25, 0.3) is 0 Å². The van der Waals surface area contributed by atoms with Crippen LogP contribution in [-0.4, -0.2) is 16.1 Å². The van der Waals surface area contributed by atoms with Crippen LogP contribution in [0.4, 0.5) is 0 Å². The van der Waals surface area contributed by atoms with Gasteiger partial charge in [-0.1, -0.05) is 18.0 Å². The molecule has 1 aliphatic heterocycles. The molecule has 3 nitrogen and oxygen atoms in total. The summed E-state index contributed by atoms with van der Waals surface area (Å²) in [7, 11) is 0. The van der Waals surface area contributed by atoms with Crippen LogP contribution in [0.25, 0.3) is 0 Å². The molecule has 88 valence electrons. The molecule has 2 aliphatic rings. The van der Waals surface area contributed by atoms with Crippen LogP contribution in [0, 0.1) is 5.92 Å². The minimum Gasteiger partial charge on any atom is -0.330 e. The van der Waals surface area contributed by atoms with Gasteiger partial charge in [-0.25, -0.2) is 4.98 Å². The van der Waals surface area contributed by atoms with Gasteiger partial charge < -0.3 is 10.3 Å². The largest absolute Gasteiger partial charge is 0.330 e. The zero-order valence-electron chi connectivity index (χ0n) is 9.45. The lowest BCUT2D eigenvalue weighted by molar-refractivity contribution is 0.349. The fourth-order valence-electron chi connectivity index (χ4n) is 2.79. The lowest BCUT2D eigenvalue weighted by atomic mass is 9.84. The smallest absolute Gasteiger partial charge is 0.150 e. The Morgan fingerprint density at radius 3 is 2.81 bits per heavy atom. The van der Waals surface area contributed by atoms with E-state index in [2.05, 4.69) is 9.55 Å². The molecule has 0 spiro atoms. The first kappa shape index (κ1) is 10.6. The van der Waals surface area contributed by atoms with Crippen molar-refractivity contribution in [2.75, 3.05) is 6.54 Å². The second-order valence-electron chi connectivity index (χ2n) is 5.08. The molecular weight excluding hydrogens is 222 g/mol. The summed E-state index contributed by atoms with van der Waals surface area (Å²) in [5, 5.41) is 0.722. The highest BCUT2D eigenvalue weighted by Gasteiger charge is 2.30. The molecule has 1 aromatic heterocycles. The molecule has 3 rings (SSSR count). The van der Waals surface area contributed by atoms with Crippen molar-refractivity contribution < 1.29 is 0 Å². The zero-order valence-corrected chi connectivity index (χ0v) is 10.2. The Morgan fingerprint density at radius 1 is 1.38 bits per heavy atom. The van der Waals surface area contributed by atoms with Crippen molar-refractivity contribution in [1.29, 1.82) is 0 Å². The van der Waals surface area contributed by atoms with E-state index in [-0.39, 0.29) is 0 Å². The maximum atomic E-state index is 6.24. The standard InChI is InChI=1S/C12H18ClN3/c13-11-10-6-8(7-14)4-5-16(10)12(15-11)9-2-1-3-9/h8-9H,1-7,14H2. The van der Waals surface area contributed by atoms with E-state index in [1.807, 2.05) is 0 Å². The van der Waals surface area contributed by atoms with Crippen molar-refractivity contribution >= 4 is 11.6 Å². The van der Waals surface area contributed by atoms with Crippen molar-refractivity contribution in [1.82, 2.24) is 9.55 Å². The van der Waals surface area contributed by atoms with Gasteiger partial charge >= 0.3 is 0 Å². The molecule has 1 aromatic rings. The van der Waals surface area contributed by atoms with E-state index in [0.29, 0.717) is 11.8 Å². The SMILES string of the molecule is NCC1CCn2c(C3CCC3)nc(Cl)c2C1. The molecule has 0 saturated heterocycles. The third kappa shape index (κ3) is 1.57. The lowest BCUT2D eigenvalue weighted by Gasteiger charge is -2.29. The first-order valence-corrected chi connectivity index (χ1v) is 6.62. The molecule has 4 heteroatoms. The highest BCUT2D eigenvalue weighted by molar-refractivity contribution is 6.30. The number of halogens is 1. The Balaban J connectivity index is 1.93. The van der Waals surface area contributed by atoms with E-state index in [9.17, 15) is 0 Å². The number of hydrogen-bond donors (Lipinski definition) is 1. The Kier molecular flexibility index (Phi) is 2.68. The van der Waals surface area contributed by atoms with E-state index in [0.717, 1.165) is 24.7 Å². The van der Waals surface area contributed by atoms with Gasteiger partial charge in [-0.2, -0.15) is 0 Å². The number of fused-ring (bicyclic) bond motifs is 1. The first-order chi connectivity index (χ1) is 7.79. The van der Waals surface area contributed by atoms with Gasteiger partial charge in [-0.15, -0.1) is 0 Å². The molecule has 0 aromatic carbocycles. The minimum absolute atomic E-state index is 0.593. The van der Waals surface area contributed by atoms with Crippen molar-refractivity contribution in [3.05, 3.63) is 16.7 Å². The average molecular weight is 240 g/mol. The van der Waals surface area contributed by atoms with Crippen LogP contribution in [0.15, 0.2) is 0 Å². The molecule has 0 radical (unpaired) electrons. The summed E-state index contributed by atoms with van der Waals surface area (Å²) in [5.74, 6) is 2.50. The highest BCUT2D eigenvalue weighted by atomic mass is 35.5. The minimum atomic E-state index is 0.593. The number of hydrogen-bond acceptors (Lipinski definition) is 2. The quantitative estimate of drug-likeness (QED) is 0.861. The zero-order chi connectivity index (χ0) is 11.1. The van der Waals surface area contributed by atoms with E-state index in [1.165, 1.54) is 37.2 Å². The van der Waals surface area contributed by atoms with E-state index < -0.39 is 0 Å². The van der Waals surface area contributed by atoms with Crippen LogP contribution in [0.5, 0.6) is 0 Å². The molecule has 1 fully saturated rings. The molecule has 1 unspecified atom stereocenters. The molecule has 1 aliphatic carbocycles. The molecule has 0 bridgehead atoms. The summed E-state index contributed by atoms with van der Waals surface area (Å²) in [6.45, 7) is 1.82. The molecule has 2 heterocycles. The number of rotatable bonds is 2. The molecule has 1 saturated carbocycles. The summed E-state index contributed by atoms with van der Waals surface area (Å²) in [6.07, 6.45) is 6.10. The second-order valence-corrected chi connectivity index (χ2v) is 5.44. The van der Waals surface area contributed by atoms with Gasteiger partial charge in [-0.05, 0) is 38.1 Å². The Hall–Kier alpha value is -0.540. The predicted molar refractivity (Wildman–Crippen MR) is 64.7 cm³/mol. The van der Waals surface area contributed by atoms with Crippen LogP contribution < -0.4 is 5.73 Å². The monoisotopic (exact) mass is 239 g/mol. The first-order valence-electron chi connectivity index (χ1n) is 6.24. The average Bonchev–Trinajstić information content (AvgIpc) is 2.54. The van der Waals surface area contributed by atoms with Gasteiger partial charge in [0, 0.05) is 12.5 Å². The number of nitrogens with zero attached hydrogens (tertiary/aromatic N) is 2. The second kappa shape index (κ2) is 4.04. The molecule has 2 N–H and O–H groups in total. The van der Waals surface area contributed by atoms with Gasteiger partial charge in [-0.3, -0.25) is 0 Å². The van der Waals surface area contributed by atoms with Gasteiger partial charge in [0.1, 0.15) is 5.82 Å². The third-order valence-electron chi connectivity index (χ3n) is 4.10. The normalized spacial score (nSPS) is 25.2. The van der Waals surface area contributed by atoms with Crippen LogP contribution in [0.2, 0.25) is 5.15 Å². The Morgan fingerprint density at radius 2 is 2.19 bits per heavy atom. The Labute approximate surface area is 101 Å². The maximum Gasteiger partial charge on any atom is 0.150 e. The van der Waals surface area contributed by atoms with Crippen molar-refractivity contribution in [2.24, 2.45) is 11.7 Å². The summed E-state index contributed by atoms with van der Waals surface area (Å²) in [6, 6.07) is 0. The fourth-order valence-corrected chi connectivity index (χ4v) is 3.05. The third-order valence-corrected chi connectivity index (χ3v) is 4.40. The topological polar surface area (TPSA) is 43.8 Å². The molecule has 1 atom stereocenters. The predicted octanol–water partition coefficient (Wildman–Crippen LogP) is 2.33. The van der Waals surface area contributed by atoms with Gasteiger partial charge in [0.2, 0.25) is 0 Å². The summed E-state index contributed by atoms with van der Waals surface area (Å²) in [4.78, 5) is 4.57. The number of nitrogens with two attached hydrogens (primary N) is 1. The Bertz CT molecular complexity index is 395. The lowest BCUT2D eigenvalue weighted by Crippen LogP contribution is -2.27. The number of imidazole rings is 1. The van der Waals surface area contributed by atoms with Gasteiger partial charge in [0.05, 0.1) is 5.69 Å². The maximum absolute atomic E-state index is 6.24. The van der Waals surface area contributed by atoms with Crippen LogP contribution in [0.3, 0.4) is 0 Å². The van der Waals surface area contributed by atoms with Crippen LogP contribution >= 0.6 is 11.6 Å². The van der Waals surface area contributed by atoms with Crippen LogP contribution in [0.1, 0.15) is 43.1 Å². The van der Waals surface area contributed by atoms with E-state index in [4.69, 9.17) is 17.3 Å². The molecule has 0 amide bonds. The van der Waals surface area contributed by atoms with E-state index >= 15 is 0 Å². The molecular formula is C12H18ClN3. The van der Waals surface area contributed by atoms with Crippen molar-refractivity contribution in [2.45, 2.75) is 44.6 Å². The summed E-state index contributed by atoms with van der Waals surface area (Å²) < 4.78 is 2.36.